The van der Waals surface area contributed by atoms with Gasteiger partial charge in [0.25, 0.3) is 0 Å². The molecule has 2 aromatic rings. The van der Waals surface area contributed by atoms with Gasteiger partial charge in [-0.25, -0.2) is 4.98 Å². The molecule has 2 amide bonds. The number of likely N-dealkylation sites (tertiary alicyclic amines) is 2. The van der Waals surface area contributed by atoms with E-state index in [2.05, 4.69) is 20.2 Å². The standard InChI is InChI=1S/C23H32N6O2/c1-18-24-9-14-28(18)15-10-26-22(30)20-7-13-29(16-20)23(31)19-5-11-27(12-6-19)17-21-4-2-3-8-25-21/h2-4,8-9,14,19-20H,5-7,10-13,15-17H2,1H3,(H,26,30). The van der Waals surface area contributed by atoms with Gasteiger partial charge in [-0.05, 0) is 51.4 Å². The zero-order valence-corrected chi connectivity index (χ0v) is 18.2. The van der Waals surface area contributed by atoms with Crippen LogP contribution in [-0.2, 0) is 22.7 Å². The van der Waals surface area contributed by atoms with E-state index in [4.69, 9.17) is 0 Å². The summed E-state index contributed by atoms with van der Waals surface area (Å²) in [6.45, 7) is 7.14. The molecule has 2 aromatic heterocycles. The molecule has 2 aliphatic heterocycles. The molecular formula is C23H32N6O2. The van der Waals surface area contributed by atoms with Gasteiger partial charge >= 0.3 is 0 Å². The van der Waals surface area contributed by atoms with E-state index in [-0.39, 0.29) is 23.7 Å². The van der Waals surface area contributed by atoms with E-state index in [0.717, 1.165) is 50.4 Å². The van der Waals surface area contributed by atoms with Crippen LogP contribution in [0.25, 0.3) is 0 Å². The Kier molecular flexibility index (Phi) is 6.96. The van der Waals surface area contributed by atoms with E-state index in [1.165, 1.54) is 0 Å². The van der Waals surface area contributed by atoms with Crippen LogP contribution in [0.5, 0.6) is 0 Å². The van der Waals surface area contributed by atoms with Crippen LogP contribution in [0.4, 0.5) is 0 Å². The lowest BCUT2D eigenvalue weighted by molar-refractivity contribution is -0.136. The Balaban J connectivity index is 1.18. The number of aromatic nitrogens is 3. The van der Waals surface area contributed by atoms with Crippen LogP contribution in [0.15, 0.2) is 36.8 Å². The molecule has 166 valence electrons. The van der Waals surface area contributed by atoms with Crippen LogP contribution >= 0.6 is 0 Å². The predicted molar refractivity (Wildman–Crippen MR) is 117 cm³/mol. The van der Waals surface area contributed by atoms with E-state index in [9.17, 15) is 9.59 Å². The van der Waals surface area contributed by atoms with Crippen molar-refractivity contribution in [1.82, 2.24) is 29.7 Å². The van der Waals surface area contributed by atoms with Gasteiger partial charge in [0, 0.05) is 57.2 Å². The average molecular weight is 425 g/mol. The van der Waals surface area contributed by atoms with Crippen molar-refractivity contribution in [3.63, 3.8) is 0 Å². The van der Waals surface area contributed by atoms with Gasteiger partial charge in [-0.3, -0.25) is 19.5 Å². The maximum absolute atomic E-state index is 13.0. The molecule has 1 unspecified atom stereocenters. The molecule has 4 heterocycles. The number of imidazole rings is 1. The molecule has 1 atom stereocenters. The quantitative estimate of drug-likeness (QED) is 0.728. The summed E-state index contributed by atoms with van der Waals surface area (Å²) < 4.78 is 2.02. The highest BCUT2D eigenvalue weighted by atomic mass is 16.2. The minimum atomic E-state index is -0.0999. The number of pyridine rings is 1. The molecule has 2 fully saturated rings. The Morgan fingerprint density at radius 1 is 1.06 bits per heavy atom. The molecule has 4 rings (SSSR count). The minimum absolute atomic E-state index is 0.0539. The molecule has 0 aliphatic carbocycles. The van der Waals surface area contributed by atoms with Crippen molar-refractivity contribution in [2.75, 3.05) is 32.7 Å². The highest BCUT2D eigenvalue weighted by molar-refractivity contribution is 5.83. The van der Waals surface area contributed by atoms with Gasteiger partial charge in [0.05, 0.1) is 11.6 Å². The first-order valence-electron chi connectivity index (χ1n) is 11.3. The lowest BCUT2D eigenvalue weighted by atomic mass is 9.95. The zero-order chi connectivity index (χ0) is 21.6. The fraction of sp³-hybridized carbons (Fsp3) is 0.565. The van der Waals surface area contributed by atoms with Gasteiger partial charge in [0.2, 0.25) is 11.8 Å². The lowest BCUT2D eigenvalue weighted by Crippen LogP contribution is -2.42. The highest BCUT2D eigenvalue weighted by Crippen LogP contribution is 2.25. The Morgan fingerprint density at radius 2 is 1.87 bits per heavy atom. The largest absolute Gasteiger partial charge is 0.354 e. The number of aryl methyl sites for hydroxylation is 1. The van der Waals surface area contributed by atoms with Crippen molar-refractivity contribution in [1.29, 1.82) is 0 Å². The Hall–Kier alpha value is -2.74. The summed E-state index contributed by atoms with van der Waals surface area (Å²) in [4.78, 5) is 38.4. The van der Waals surface area contributed by atoms with E-state index in [1.54, 1.807) is 6.20 Å². The van der Waals surface area contributed by atoms with Crippen molar-refractivity contribution >= 4 is 11.8 Å². The summed E-state index contributed by atoms with van der Waals surface area (Å²) in [6.07, 6.45) is 8.01. The number of hydrogen-bond acceptors (Lipinski definition) is 5. The third kappa shape index (κ3) is 5.50. The Morgan fingerprint density at radius 3 is 2.58 bits per heavy atom. The highest BCUT2D eigenvalue weighted by Gasteiger charge is 2.35. The summed E-state index contributed by atoms with van der Waals surface area (Å²) >= 11 is 0. The minimum Gasteiger partial charge on any atom is -0.354 e. The molecule has 8 heteroatoms. The summed E-state index contributed by atoms with van der Waals surface area (Å²) in [7, 11) is 0. The number of nitrogens with zero attached hydrogens (tertiary/aromatic N) is 5. The van der Waals surface area contributed by atoms with Gasteiger partial charge in [-0.1, -0.05) is 6.07 Å². The summed E-state index contributed by atoms with van der Waals surface area (Å²) in [5.74, 6) is 1.20. The number of carbonyl (C=O) groups is 2. The lowest BCUT2D eigenvalue weighted by Gasteiger charge is -2.33. The number of amides is 2. The summed E-state index contributed by atoms with van der Waals surface area (Å²) in [5, 5.41) is 3.02. The van der Waals surface area contributed by atoms with Crippen molar-refractivity contribution in [2.24, 2.45) is 11.8 Å². The van der Waals surface area contributed by atoms with Gasteiger partial charge in [-0.15, -0.1) is 0 Å². The smallest absolute Gasteiger partial charge is 0.225 e. The number of carbonyl (C=O) groups excluding carboxylic acids is 2. The van der Waals surface area contributed by atoms with Crippen molar-refractivity contribution in [3.05, 3.63) is 48.3 Å². The molecule has 0 spiro atoms. The molecule has 0 radical (unpaired) electrons. The second-order valence-electron chi connectivity index (χ2n) is 8.60. The third-order valence-corrected chi connectivity index (χ3v) is 6.49. The molecule has 2 saturated heterocycles. The summed E-state index contributed by atoms with van der Waals surface area (Å²) in [5.41, 5.74) is 1.07. The number of hydrogen-bond donors (Lipinski definition) is 1. The maximum Gasteiger partial charge on any atom is 0.225 e. The molecule has 31 heavy (non-hydrogen) atoms. The molecule has 0 saturated carbocycles. The fourth-order valence-corrected chi connectivity index (χ4v) is 4.58. The van der Waals surface area contributed by atoms with Crippen molar-refractivity contribution in [3.8, 4) is 0 Å². The molecule has 1 N–H and O–H groups in total. The van der Waals surface area contributed by atoms with Gasteiger partial charge in [0.1, 0.15) is 5.82 Å². The molecule has 8 nitrogen and oxygen atoms in total. The Labute approximate surface area is 183 Å². The van der Waals surface area contributed by atoms with Crippen LogP contribution in [-0.4, -0.2) is 68.9 Å². The van der Waals surface area contributed by atoms with Crippen molar-refractivity contribution < 1.29 is 9.59 Å². The SMILES string of the molecule is Cc1nccn1CCNC(=O)C1CCN(C(=O)C2CCN(Cc3ccccn3)CC2)C1. The zero-order valence-electron chi connectivity index (χ0n) is 18.2. The second kappa shape index (κ2) is 10.0. The third-order valence-electron chi connectivity index (χ3n) is 6.49. The number of piperidine rings is 1. The van der Waals surface area contributed by atoms with Crippen LogP contribution in [0.3, 0.4) is 0 Å². The van der Waals surface area contributed by atoms with Crippen LogP contribution < -0.4 is 5.32 Å². The van der Waals surface area contributed by atoms with Crippen LogP contribution in [0, 0.1) is 18.8 Å². The molecular weight excluding hydrogens is 392 g/mol. The van der Waals surface area contributed by atoms with Crippen molar-refractivity contribution in [2.45, 2.75) is 39.3 Å². The predicted octanol–water partition coefficient (Wildman–Crippen LogP) is 1.46. The Bertz CT molecular complexity index is 875. The fourth-order valence-electron chi connectivity index (χ4n) is 4.58. The number of rotatable bonds is 7. The van der Waals surface area contributed by atoms with E-state index < -0.39 is 0 Å². The number of nitrogens with one attached hydrogen (secondary N) is 1. The van der Waals surface area contributed by atoms with Gasteiger partial charge < -0.3 is 14.8 Å². The normalized spacial score (nSPS) is 20.2. The van der Waals surface area contributed by atoms with Crippen LogP contribution in [0.1, 0.15) is 30.8 Å². The summed E-state index contributed by atoms with van der Waals surface area (Å²) in [6, 6.07) is 5.99. The van der Waals surface area contributed by atoms with E-state index in [1.807, 2.05) is 47.0 Å². The topological polar surface area (TPSA) is 83.4 Å². The molecule has 2 aliphatic rings. The van der Waals surface area contributed by atoms with E-state index >= 15 is 0 Å². The maximum atomic E-state index is 13.0. The van der Waals surface area contributed by atoms with Gasteiger partial charge in [-0.2, -0.15) is 0 Å². The first kappa shape index (κ1) is 21.5. The average Bonchev–Trinajstić information content (AvgIpc) is 3.44. The molecule has 0 bridgehead atoms. The molecule has 0 aromatic carbocycles. The van der Waals surface area contributed by atoms with Crippen LogP contribution in [0.2, 0.25) is 0 Å². The first-order chi connectivity index (χ1) is 15.1. The monoisotopic (exact) mass is 424 g/mol. The first-order valence-corrected chi connectivity index (χ1v) is 11.3. The van der Waals surface area contributed by atoms with Gasteiger partial charge in [0.15, 0.2) is 0 Å². The van der Waals surface area contributed by atoms with E-state index in [0.29, 0.717) is 26.2 Å². The second-order valence-corrected chi connectivity index (χ2v) is 8.60.